The number of hydrogen-bond acceptors (Lipinski definition) is 25. The maximum atomic E-state index is 16.1. The van der Waals surface area contributed by atoms with Gasteiger partial charge in [0.05, 0.1) is 41.3 Å². The first-order chi connectivity index (χ1) is 50.7. The number of nitrogens with one attached hydrogen (secondary N) is 7. The normalized spacial score (nSPS) is 29.5. The lowest BCUT2D eigenvalue weighted by molar-refractivity contribution is -0.334. The minimum absolute atomic E-state index is 0.0733. The molecule has 0 radical (unpaired) electrons. The van der Waals surface area contributed by atoms with E-state index in [4.69, 9.17) is 63.1 Å². The molecule has 1 saturated carbocycles. The van der Waals surface area contributed by atoms with E-state index in [9.17, 15) is 75.0 Å². The number of amides is 7. The van der Waals surface area contributed by atoms with E-state index in [0.29, 0.717) is 12.5 Å². The monoisotopic (exact) mass is 1530 g/mol. The summed E-state index contributed by atoms with van der Waals surface area (Å²) in [5.41, 5.74) is 8.10. The van der Waals surface area contributed by atoms with Crippen LogP contribution in [0.15, 0.2) is 78.9 Å². The van der Waals surface area contributed by atoms with E-state index >= 15 is 14.4 Å². The first-order valence-corrected chi connectivity index (χ1v) is 35.5. The van der Waals surface area contributed by atoms with Gasteiger partial charge in [-0.15, -0.1) is 0 Å². The number of phenols is 3. The quantitative estimate of drug-likeness (QED) is 0.0713. The molecule has 576 valence electrons. The first kappa shape index (κ1) is 78.9. The molecule has 3 fully saturated rings. The van der Waals surface area contributed by atoms with Crippen LogP contribution in [0.25, 0.3) is 11.1 Å². The number of carboxylic acid groups (broad SMARTS) is 1. The second-order valence-corrected chi connectivity index (χ2v) is 29.1. The van der Waals surface area contributed by atoms with Gasteiger partial charge in [0.2, 0.25) is 53.4 Å². The molecule has 5 aromatic rings. The number of aliphatic hydroxyl groups excluding tert-OH is 6. The van der Waals surface area contributed by atoms with E-state index in [1.807, 2.05) is 0 Å². The molecule has 0 unspecified atom stereocenters. The molecule has 13 rings (SSSR count). The Balaban J connectivity index is 1.13. The van der Waals surface area contributed by atoms with Crippen molar-refractivity contribution in [3.63, 3.8) is 0 Å². The molecular weight excluding hydrogens is 1450 g/mol. The fourth-order valence-corrected chi connectivity index (χ4v) is 14.7. The average molecular weight is 1530 g/mol. The van der Waals surface area contributed by atoms with Crippen LogP contribution in [0, 0.1) is 11.8 Å². The van der Waals surface area contributed by atoms with Crippen molar-refractivity contribution in [2.75, 3.05) is 13.2 Å². The molecule has 35 heteroatoms. The standard InChI is InChI=1S/C72H85Cl2N9O24/c1-28(2)16-40(75)64(94)82-55-57(89)32-11-14-44(38(73)18-32)103-46-20-34-21-47(61(46)107-71-62(60(92)59(91)48(27-84)105-71)106-50-25-72(4,63(93)29(3)102-50)77-26-30-8-6-5-7-9-30)104-45-15-12-33(19-39(45)74)58(90)56-69(99)81-54(70(100)101)37-22-35(85)23-43(87)51(37)36-17-31(10-13-42(36)86)52(66(96)83-56)80-67(97)53(34)79-65(95)41(24-49(76)88)78-68(55)98/h10-15,17-23,28-30,40-41,48,50,52-60,62-63,71,77,84-87,89-93H,5-9,16,24-27,75H2,1-4H3,(H2,76,88)(H,78,98)(H,79,95)(H,80,97)(H,81,99)(H,82,94)(H,83,96)(H,100,101)/t29-,40+,41-,48+,50-,52+,53+,54-,55+,56-,57+,58+,59+,60-,62+,63+,71-,72-/m0/s1. The minimum atomic E-state index is -2.35. The Bertz CT molecular complexity index is 4250. The number of halogens is 2. The number of aliphatic carboxylic acids is 1. The summed E-state index contributed by atoms with van der Waals surface area (Å²) in [6.45, 7) is 6.50. The Morgan fingerprint density at radius 1 is 0.701 bits per heavy atom. The summed E-state index contributed by atoms with van der Waals surface area (Å²) in [5, 5.41) is 133. The van der Waals surface area contributed by atoms with Crippen LogP contribution in [0.4, 0.5) is 0 Å². The van der Waals surface area contributed by atoms with Crippen molar-refractivity contribution in [2.24, 2.45) is 23.3 Å². The summed E-state index contributed by atoms with van der Waals surface area (Å²) < 4.78 is 39.3. The molecule has 5 aromatic carbocycles. The zero-order valence-corrected chi connectivity index (χ0v) is 59.7. The lowest BCUT2D eigenvalue weighted by atomic mass is 9.83. The van der Waals surface area contributed by atoms with Crippen LogP contribution >= 0.6 is 23.2 Å². The van der Waals surface area contributed by atoms with Crippen molar-refractivity contribution in [3.8, 4) is 57.1 Å². The van der Waals surface area contributed by atoms with E-state index < -0.39 is 231 Å². The highest BCUT2D eigenvalue weighted by molar-refractivity contribution is 6.32. The van der Waals surface area contributed by atoms with Crippen LogP contribution in [0.5, 0.6) is 46.0 Å². The van der Waals surface area contributed by atoms with E-state index in [-0.39, 0.29) is 52.0 Å². The van der Waals surface area contributed by atoms with Crippen LogP contribution in [-0.4, -0.2) is 190 Å². The summed E-state index contributed by atoms with van der Waals surface area (Å²) in [5.74, 6) is -15.8. The molecule has 2 saturated heterocycles. The Morgan fingerprint density at radius 3 is 1.93 bits per heavy atom. The number of nitrogens with two attached hydrogens (primary N) is 2. The number of rotatable bonds is 15. The molecule has 8 aliphatic rings. The lowest BCUT2D eigenvalue weighted by Crippen LogP contribution is -2.65. The molecule has 107 heavy (non-hydrogen) atoms. The number of benzene rings is 5. The lowest BCUT2D eigenvalue weighted by Gasteiger charge is -2.49. The Morgan fingerprint density at radius 2 is 1.32 bits per heavy atom. The van der Waals surface area contributed by atoms with Crippen molar-refractivity contribution in [1.29, 1.82) is 0 Å². The van der Waals surface area contributed by atoms with Crippen molar-refractivity contribution in [2.45, 2.75) is 188 Å². The van der Waals surface area contributed by atoms with Crippen molar-refractivity contribution in [3.05, 3.63) is 117 Å². The molecule has 0 aromatic heterocycles. The molecule has 11 bridgehead atoms. The van der Waals surface area contributed by atoms with Crippen LogP contribution in [0.3, 0.4) is 0 Å². The van der Waals surface area contributed by atoms with Crippen LogP contribution < -0.4 is 62.9 Å². The average Bonchev–Trinajstić information content (AvgIpc) is 0.768. The van der Waals surface area contributed by atoms with E-state index in [1.54, 1.807) is 27.7 Å². The largest absolute Gasteiger partial charge is 0.508 e. The number of ether oxygens (including phenoxy) is 6. The number of aliphatic hydroxyl groups is 6. The van der Waals surface area contributed by atoms with Crippen molar-refractivity contribution >= 4 is 70.5 Å². The minimum Gasteiger partial charge on any atom is -0.508 e. The maximum absolute atomic E-state index is 16.1. The van der Waals surface area contributed by atoms with Gasteiger partial charge in [0.15, 0.2) is 29.9 Å². The number of aromatic hydroxyl groups is 3. The van der Waals surface area contributed by atoms with Gasteiger partial charge in [-0.3, -0.25) is 33.6 Å². The number of carbonyl (C=O) groups is 8. The van der Waals surface area contributed by atoms with Crippen LogP contribution in [0.1, 0.15) is 137 Å². The van der Waals surface area contributed by atoms with Gasteiger partial charge in [0, 0.05) is 34.7 Å². The summed E-state index contributed by atoms with van der Waals surface area (Å²) >= 11 is 14.2. The van der Waals surface area contributed by atoms with Crippen molar-refractivity contribution < 1.29 is 118 Å². The summed E-state index contributed by atoms with van der Waals surface area (Å²) in [4.78, 5) is 117. The van der Waals surface area contributed by atoms with Gasteiger partial charge in [-0.05, 0) is 128 Å². The van der Waals surface area contributed by atoms with E-state index in [0.717, 1.165) is 98.8 Å². The van der Waals surface area contributed by atoms with Gasteiger partial charge in [-0.1, -0.05) is 74.5 Å². The highest BCUT2D eigenvalue weighted by Gasteiger charge is 2.52. The maximum Gasteiger partial charge on any atom is 0.330 e. The number of fused-ring (bicyclic) bond motifs is 15. The topological polar surface area (TPSA) is 530 Å². The van der Waals surface area contributed by atoms with Gasteiger partial charge in [-0.2, -0.15) is 0 Å². The van der Waals surface area contributed by atoms with E-state index in [2.05, 4.69) is 37.2 Å². The molecule has 33 nitrogen and oxygen atoms in total. The van der Waals surface area contributed by atoms with E-state index in [1.165, 1.54) is 12.1 Å². The third kappa shape index (κ3) is 17.2. The summed E-state index contributed by atoms with van der Waals surface area (Å²) in [6.07, 6.45) is -13.1. The highest BCUT2D eigenvalue weighted by Crippen LogP contribution is 2.50. The summed E-state index contributed by atoms with van der Waals surface area (Å²) in [6, 6.07) is -0.909. The SMILES string of the molecule is CC(C)C[C@@H](N)C(=O)N[C@H]1C(=O)N[C@@H](CC(N)=O)C(=O)N[C@H]2C(=O)N[C@H]3C(=O)N[C@H](C(=O)N[C@H](C(=O)O)c4cc(O)cc(O)c4-c4cc3ccc4O)[C@H](O)c3ccc(c(Cl)c3)Oc3cc2cc(c3O[C@@H]2O[C@H](CO)[C@@H](O)[C@H](O)[C@H]2O[C@H]2C[C@](C)(NCC3CCCCC3)[C@H](O)[C@H](C)O2)Oc2ccc(cc2Cl)[C@H]1O. The second-order valence-electron chi connectivity index (χ2n) is 28.3. The molecule has 7 amide bonds. The Labute approximate surface area is 621 Å². The molecule has 7 aliphatic heterocycles. The van der Waals surface area contributed by atoms with Gasteiger partial charge < -0.3 is 128 Å². The fraction of sp³-hybridized carbons (Fsp3) is 0.472. The third-order valence-corrected chi connectivity index (χ3v) is 20.5. The zero-order valence-electron chi connectivity index (χ0n) is 58.1. The van der Waals surface area contributed by atoms with Gasteiger partial charge in [0.25, 0.3) is 0 Å². The molecule has 7 heterocycles. The van der Waals surface area contributed by atoms with Gasteiger partial charge in [-0.25, -0.2) is 4.79 Å². The van der Waals surface area contributed by atoms with Crippen molar-refractivity contribution in [1.82, 2.24) is 37.2 Å². The first-order valence-electron chi connectivity index (χ1n) is 34.7. The third-order valence-electron chi connectivity index (χ3n) is 19.9. The van der Waals surface area contributed by atoms with Crippen LogP contribution in [0.2, 0.25) is 10.0 Å². The number of carbonyl (C=O) groups excluding carboxylic acids is 7. The van der Waals surface area contributed by atoms with Gasteiger partial charge >= 0.3 is 5.97 Å². The molecule has 18 atom stereocenters. The molecule has 0 spiro atoms. The summed E-state index contributed by atoms with van der Waals surface area (Å²) in [7, 11) is 0. The smallest absolute Gasteiger partial charge is 0.330 e. The zero-order chi connectivity index (χ0) is 77.4. The number of primary amides is 1. The fourth-order valence-electron chi connectivity index (χ4n) is 14.2. The molecule has 1 aliphatic carbocycles. The number of hydrogen-bond donors (Lipinski definition) is 19. The predicted octanol–water partition coefficient (Wildman–Crippen LogP) is 2.06. The Kier molecular flexibility index (Phi) is 24.1. The van der Waals surface area contributed by atoms with Crippen LogP contribution in [-0.2, 0) is 52.6 Å². The molecule has 21 N–H and O–H groups in total. The van der Waals surface area contributed by atoms with Gasteiger partial charge in [0.1, 0.15) is 89.5 Å². The number of carboxylic acids is 1. The Hall–Kier alpha value is -9.20. The second kappa shape index (κ2) is 32.7. The highest BCUT2D eigenvalue weighted by atomic mass is 35.5. The molecular formula is C72H85Cl2N9O24. The predicted molar refractivity (Wildman–Crippen MR) is 375 cm³/mol. The number of phenolic OH excluding ortho intramolecular Hbond substituents is 3.